The molecule has 2 aromatic rings. The summed E-state index contributed by atoms with van der Waals surface area (Å²) in [4.78, 5) is 14.7. The highest BCUT2D eigenvalue weighted by Gasteiger charge is 2.21. The van der Waals surface area contributed by atoms with Gasteiger partial charge in [-0.1, -0.05) is 12.1 Å². The number of halogens is 1. The van der Waals surface area contributed by atoms with Crippen molar-refractivity contribution in [1.29, 1.82) is 0 Å². The fourth-order valence-corrected chi connectivity index (χ4v) is 4.52. The minimum Gasteiger partial charge on any atom is -0.370 e. The van der Waals surface area contributed by atoms with Crippen molar-refractivity contribution in [3.8, 4) is 0 Å². The summed E-state index contributed by atoms with van der Waals surface area (Å²) in [5, 5.41) is 2.62. The number of hydrogen-bond acceptors (Lipinski definition) is 4. The van der Waals surface area contributed by atoms with Gasteiger partial charge in [0.05, 0.1) is 10.6 Å². The zero-order chi connectivity index (χ0) is 20.3. The summed E-state index contributed by atoms with van der Waals surface area (Å²) >= 11 is 0. The lowest BCUT2D eigenvalue weighted by molar-refractivity contribution is 0.102. The van der Waals surface area contributed by atoms with E-state index in [-0.39, 0.29) is 22.2 Å². The van der Waals surface area contributed by atoms with Crippen LogP contribution in [0.25, 0.3) is 0 Å². The zero-order valence-corrected chi connectivity index (χ0v) is 16.7. The Hall–Kier alpha value is -2.45. The second-order valence-corrected chi connectivity index (χ2v) is 8.80. The van der Waals surface area contributed by atoms with Crippen LogP contribution in [0, 0.1) is 5.82 Å². The molecule has 8 heteroatoms. The predicted molar refractivity (Wildman–Crippen MR) is 108 cm³/mol. The highest BCUT2D eigenvalue weighted by molar-refractivity contribution is 7.89. The summed E-state index contributed by atoms with van der Waals surface area (Å²) in [5.74, 6) is -1.09. The van der Waals surface area contributed by atoms with Gasteiger partial charge < -0.3 is 10.2 Å². The van der Waals surface area contributed by atoms with Gasteiger partial charge in [-0.2, -0.15) is 0 Å². The molecule has 0 aliphatic carbocycles. The van der Waals surface area contributed by atoms with E-state index >= 15 is 0 Å². The first-order valence-corrected chi connectivity index (χ1v) is 10.7. The second kappa shape index (κ2) is 8.28. The Balaban J connectivity index is 1.88. The molecule has 28 heavy (non-hydrogen) atoms. The van der Waals surface area contributed by atoms with E-state index in [0.717, 1.165) is 25.9 Å². The smallest absolute Gasteiger partial charge is 0.255 e. The molecule has 1 aliphatic heterocycles. The molecule has 0 spiro atoms. The molecular formula is C20H24FN3O3S. The van der Waals surface area contributed by atoms with E-state index in [1.165, 1.54) is 30.3 Å². The molecular weight excluding hydrogens is 381 g/mol. The maximum Gasteiger partial charge on any atom is 0.255 e. The maximum absolute atomic E-state index is 14.4. The quantitative estimate of drug-likeness (QED) is 0.772. The van der Waals surface area contributed by atoms with Gasteiger partial charge in [0, 0.05) is 24.7 Å². The van der Waals surface area contributed by atoms with Crippen LogP contribution >= 0.6 is 0 Å². The van der Waals surface area contributed by atoms with E-state index in [0.29, 0.717) is 5.69 Å². The largest absolute Gasteiger partial charge is 0.370 e. The van der Waals surface area contributed by atoms with Crippen LogP contribution in [0.1, 0.15) is 37.0 Å². The molecule has 0 aromatic heterocycles. The van der Waals surface area contributed by atoms with Crippen molar-refractivity contribution in [1.82, 2.24) is 4.72 Å². The van der Waals surface area contributed by atoms with Crippen LogP contribution in [0.5, 0.6) is 0 Å². The fourth-order valence-electron chi connectivity index (χ4n) is 3.23. The topological polar surface area (TPSA) is 78.5 Å². The number of nitrogens with one attached hydrogen (secondary N) is 2. The minimum absolute atomic E-state index is 0.0119. The molecule has 1 saturated heterocycles. The molecule has 0 saturated carbocycles. The summed E-state index contributed by atoms with van der Waals surface area (Å²) < 4.78 is 41.6. The Kier molecular flexibility index (Phi) is 6.00. The molecule has 0 atom stereocenters. The van der Waals surface area contributed by atoms with Gasteiger partial charge >= 0.3 is 0 Å². The Bertz CT molecular complexity index is 970. The molecule has 0 unspecified atom stereocenters. The molecule has 3 rings (SSSR count). The lowest BCUT2D eigenvalue weighted by Gasteiger charge is -2.22. The van der Waals surface area contributed by atoms with Crippen molar-refractivity contribution >= 4 is 27.3 Å². The Morgan fingerprint density at radius 3 is 2.46 bits per heavy atom. The van der Waals surface area contributed by atoms with Crippen LogP contribution in [0.15, 0.2) is 47.4 Å². The first-order valence-electron chi connectivity index (χ1n) is 9.25. The molecule has 1 heterocycles. The third-order valence-electron chi connectivity index (χ3n) is 4.47. The zero-order valence-electron chi connectivity index (χ0n) is 15.9. The molecule has 1 amide bonds. The van der Waals surface area contributed by atoms with Gasteiger partial charge in [-0.25, -0.2) is 17.5 Å². The van der Waals surface area contributed by atoms with Crippen molar-refractivity contribution < 1.29 is 17.6 Å². The summed E-state index contributed by atoms with van der Waals surface area (Å²) in [6, 6.07) is 10.1. The SMILES string of the molecule is CC(C)NS(=O)(=O)c1cccc(C(=O)Nc2c(F)cccc2N2CCCC2)c1. The molecule has 150 valence electrons. The Labute approximate surface area is 164 Å². The number of amides is 1. The molecule has 0 radical (unpaired) electrons. The van der Waals surface area contributed by atoms with E-state index in [1.54, 1.807) is 26.0 Å². The number of anilines is 2. The van der Waals surface area contributed by atoms with E-state index in [9.17, 15) is 17.6 Å². The van der Waals surface area contributed by atoms with Crippen LogP contribution < -0.4 is 14.9 Å². The minimum atomic E-state index is -3.73. The van der Waals surface area contributed by atoms with Crippen LogP contribution in [-0.4, -0.2) is 33.5 Å². The third-order valence-corrected chi connectivity index (χ3v) is 6.13. The van der Waals surface area contributed by atoms with Crippen molar-refractivity contribution in [3.63, 3.8) is 0 Å². The number of benzene rings is 2. The number of sulfonamides is 1. The van der Waals surface area contributed by atoms with Crippen molar-refractivity contribution in [3.05, 3.63) is 53.8 Å². The Morgan fingerprint density at radius 1 is 1.11 bits per heavy atom. The predicted octanol–water partition coefficient (Wildman–Crippen LogP) is 3.36. The average molecular weight is 405 g/mol. The van der Waals surface area contributed by atoms with Gasteiger partial charge in [0.2, 0.25) is 10.0 Å². The number of carbonyl (C=O) groups excluding carboxylic acids is 1. The number of nitrogens with zero attached hydrogens (tertiary/aromatic N) is 1. The molecule has 2 aromatic carbocycles. The van der Waals surface area contributed by atoms with E-state index in [1.807, 2.05) is 4.90 Å². The molecule has 1 fully saturated rings. The van der Waals surface area contributed by atoms with Gasteiger partial charge in [0.25, 0.3) is 5.91 Å². The lowest BCUT2D eigenvalue weighted by Crippen LogP contribution is -2.30. The molecule has 0 bridgehead atoms. The number of hydrogen-bond donors (Lipinski definition) is 2. The summed E-state index contributed by atoms with van der Waals surface area (Å²) in [7, 11) is -3.73. The van der Waals surface area contributed by atoms with Gasteiger partial charge in [-0.3, -0.25) is 4.79 Å². The van der Waals surface area contributed by atoms with Crippen molar-refractivity contribution in [2.75, 3.05) is 23.3 Å². The highest BCUT2D eigenvalue weighted by Crippen LogP contribution is 2.31. The first kappa shape index (κ1) is 20.3. The van der Waals surface area contributed by atoms with Gasteiger partial charge in [-0.05, 0) is 57.0 Å². The monoisotopic (exact) mass is 405 g/mol. The van der Waals surface area contributed by atoms with Crippen LogP contribution in [0.2, 0.25) is 0 Å². The van der Waals surface area contributed by atoms with Gasteiger partial charge in [0.1, 0.15) is 11.5 Å². The number of para-hydroxylation sites is 1. The van der Waals surface area contributed by atoms with E-state index < -0.39 is 21.7 Å². The number of rotatable bonds is 6. The molecule has 1 aliphatic rings. The van der Waals surface area contributed by atoms with Crippen molar-refractivity contribution in [2.45, 2.75) is 37.6 Å². The van der Waals surface area contributed by atoms with Crippen LogP contribution in [0.4, 0.5) is 15.8 Å². The van der Waals surface area contributed by atoms with E-state index in [2.05, 4.69) is 10.0 Å². The number of carbonyl (C=O) groups is 1. The van der Waals surface area contributed by atoms with E-state index in [4.69, 9.17) is 0 Å². The molecule has 6 nitrogen and oxygen atoms in total. The van der Waals surface area contributed by atoms with Gasteiger partial charge in [0.15, 0.2) is 0 Å². The van der Waals surface area contributed by atoms with Crippen LogP contribution in [-0.2, 0) is 10.0 Å². The normalized spacial score (nSPS) is 14.5. The summed E-state index contributed by atoms with van der Waals surface area (Å²) in [5.41, 5.74) is 0.890. The standard InChI is InChI=1S/C20H24FN3O3S/c1-14(2)23-28(26,27)16-8-5-7-15(13-16)20(25)22-19-17(21)9-6-10-18(19)24-11-3-4-12-24/h5-10,13-14,23H,3-4,11-12H2,1-2H3,(H,22,25). The van der Waals surface area contributed by atoms with Crippen molar-refractivity contribution in [2.24, 2.45) is 0 Å². The molecule has 2 N–H and O–H groups in total. The highest BCUT2D eigenvalue weighted by atomic mass is 32.2. The second-order valence-electron chi connectivity index (χ2n) is 7.09. The maximum atomic E-state index is 14.4. The fraction of sp³-hybridized carbons (Fsp3) is 0.350. The van der Waals surface area contributed by atoms with Gasteiger partial charge in [-0.15, -0.1) is 0 Å². The average Bonchev–Trinajstić information content (AvgIpc) is 3.17. The Morgan fingerprint density at radius 2 is 1.79 bits per heavy atom. The first-order chi connectivity index (χ1) is 13.3. The van der Waals surface area contributed by atoms with Crippen LogP contribution in [0.3, 0.4) is 0 Å². The third kappa shape index (κ3) is 4.51. The summed E-state index contributed by atoms with van der Waals surface area (Å²) in [6.45, 7) is 5.04. The summed E-state index contributed by atoms with van der Waals surface area (Å²) in [6.07, 6.45) is 2.04. The lowest BCUT2D eigenvalue weighted by atomic mass is 10.2.